The number of rotatable bonds is 67. The van der Waals surface area contributed by atoms with Gasteiger partial charge in [-0.15, -0.1) is 0 Å². The van der Waals surface area contributed by atoms with Crippen LogP contribution in [-0.2, 0) is 32.7 Å². The number of phosphoric ester groups is 1. The largest absolute Gasteiger partial charge is 0.472 e. The fourth-order valence-corrected chi connectivity index (χ4v) is 9.88. The first-order valence-electron chi connectivity index (χ1n) is 37.8. The lowest BCUT2D eigenvalue weighted by atomic mass is 10.1. The van der Waals surface area contributed by atoms with Gasteiger partial charge in [0.05, 0.1) is 13.2 Å². The van der Waals surface area contributed by atoms with E-state index in [2.05, 4.69) is 281 Å². The van der Waals surface area contributed by atoms with Crippen molar-refractivity contribution in [2.24, 2.45) is 5.73 Å². The van der Waals surface area contributed by atoms with E-state index in [0.717, 1.165) is 180 Å². The Balaban J connectivity index is 4.09. The average Bonchev–Trinajstić information content (AvgIpc) is 1.35. The third-order valence-corrected chi connectivity index (χ3v) is 15.6. The summed E-state index contributed by atoms with van der Waals surface area (Å²) in [6.07, 6.45) is 130. The van der Waals surface area contributed by atoms with Crippen LogP contribution in [0.25, 0.3) is 0 Å². The van der Waals surface area contributed by atoms with Gasteiger partial charge < -0.3 is 20.1 Å². The number of unbranched alkanes of at least 4 members (excludes halogenated alkanes) is 10. The van der Waals surface area contributed by atoms with Crippen molar-refractivity contribution in [2.45, 2.75) is 251 Å². The van der Waals surface area contributed by atoms with Crippen molar-refractivity contribution in [2.75, 3.05) is 26.4 Å². The SMILES string of the molecule is CC/C=C\C/C=C\C/C=C\C/C=C\C/C=C\C/C=C\C/C=C\C/C=C\C/C=C\C/C=C\C/C=C\C/C=C\CCCCC(=O)OC(COC(=O)CCCCCCCCCC/C=C\C/C=C\C/C=C\C/C=C\C/C=C\C/C=C\C/C=C\C/C=C\C/C=C\C/C=C\CC)COP(=O)(O)OCCN. The first-order chi connectivity index (χ1) is 48.8. The molecule has 0 aliphatic rings. The minimum absolute atomic E-state index is 0.0303. The van der Waals surface area contributed by atoms with E-state index in [0.29, 0.717) is 12.8 Å². The van der Waals surface area contributed by atoms with Crippen LogP contribution in [0, 0.1) is 0 Å². The molecule has 0 heterocycles. The van der Waals surface area contributed by atoms with E-state index in [9.17, 15) is 19.0 Å². The summed E-state index contributed by atoms with van der Waals surface area (Å²) in [5, 5.41) is 0. The molecule has 10 heteroatoms. The van der Waals surface area contributed by atoms with E-state index in [4.69, 9.17) is 24.3 Å². The van der Waals surface area contributed by atoms with E-state index >= 15 is 0 Å². The molecule has 0 amide bonds. The van der Waals surface area contributed by atoms with Gasteiger partial charge in [-0.05, 0) is 180 Å². The maximum absolute atomic E-state index is 12.8. The zero-order chi connectivity index (χ0) is 71.5. The van der Waals surface area contributed by atoms with Crippen molar-refractivity contribution in [1.82, 2.24) is 0 Å². The summed E-state index contributed by atoms with van der Waals surface area (Å²) in [7, 11) is -4.43. The molecule has 0 saturated carbocycles. The van der Waals surface area contributed by atoms with Crippen LogP contribution in [0.5, 0.6) is 0 Å². The Morgan fingerprint density at radius 2 is 0.525 bits per heavy atom. The summed E-state index contributed by atoms with van der Waals surface area (Å²) in [6, 6.07) is 0. The van der Waals surface area contributed by atoms with E-state index < -0.39 is 32.5 Å². The van der Waals surface area contributed by atoms with Gasteiger partial charge in [-0.2, -0.15) is 0 Å². The molecule has 0 aliphatic carbocycles. The molecule has 0 radical (unpaired) electrons. The zero-order valence-corrected chi connectivity index (χ0v) is 62.5. The molecule has 9 nitrogen and oxygen atoms in total. The molecule has 0 bridgehead atoms. The fraction of sp³-hybridized carbons (Fsp3) is 0.483. The first-order valence-corrected chi connectivity index (χ1v) is 39.3. The zero-order valence-electron chi connectivity index (χ0n) is 61.6. The predicted molar refractivity (Wildman–Crippen MR) is 430 cm³/mol. The summed E-state index contributed by atoms with van der Waals surface area (Å²) in [4.78, 5) is 35.4. The van der Waals surface area contributed by atoms with Gasteiger partial charge in [0, 0.05) is 19.4 Å². The van der Waals surface area contributed by atoms with Gasteiger partial charge in [-0.25, -0.2) is 4.57 Å². The minimum atomic E-state index is -4.43. The van der Waals surface area contributed by atoms with Crippen molar-refractivity contribution in [3.8, 4) is 0 Å². The normalized spacial score (nSPS) is 14.4. The number of allylic oxidation sites excluding steroid dienone is 44. The van der Waals surface area contributed by atoms with Crippen molar-refractivity contribution in [1.29, 1.82) is 0 Å². The molecule has 0 aliphatic heterocycles. The van der Waals surface area contributed by atoms with Gasteiger partial charge >= 0.3 is 19.8 Å². The van der Waals surface area contributed by atoms with Gasteiger partial charge in [-0.3, -0.25) is 18.6 Å². The number of hydrogen-bond acceptors (Lipinski definition) is 8. The summed E-state index contributed by atoms with van der Waals surface area (Å²) >= 11 is 0. The van der Waals surface area contributed by atoms with Gasteiger partial charge in [0.25, 0.3) is 0 Å². The summed E-state index contributed by atoms with van der Waals surface area (Å²) < 4.78 is 33.1. The topological polar surface area (TPSA) is 134 Å². The van der Waals surface area contributed by atoms with Crippen LogP contribution >= 0.6 is 7.82 Å². The van der Waals surface area contributed by atoms with Crippen LogP contribution < -0.4 is 5.73 Å². The van der Waals surface area contributed by atoms with Crippen LogP contribution in [0.15, 0.2) is 267 Å². The van der Waals surface area contributed by atoms with Gasteiger partial charge in [0.15, 0.2) is 6.10 Å². The smallest absolute Gasteiger partial charge is 0.462 e. The van der Waals surface area contributed by atoms with Crippen LogP contribution in [0.1, 0.15) is 245 Å². The second kappa shape index (κ2) is 80.3. The van der Waals surface area contributed by atoms with Crippen LogP contribution in [0.2, 0.25) is 0 Å². The van der Waals surface area contributed by atoms with Crippen LogP contribution in [-0.4, -0.2) is 49.3 Å². The number of carbonyl (C=O) groups is 2. The monoisotopic (exact) mass is 1380 g/mol. The molecule has 0 aromatic rings. The molecule has 0 aromatic carbocycles. The molecule has 0 aromatic heterocycles. The number of phosphoric acid groups is 1. The molecule has 2 unspecified atom stereocenters. The third kappa shape index (κ3) is 80.2. The quantitative estimate of drug-likeness (QED) is 0.0264. The second-order valence-corrected chi connectivity index (χ2v) is 25.1. The molecule has 2 atom stereocenters. The second-order valence-electron chi connectivity index (χ2n) is 23.7. The number of nitrogens with two attached hydrogens (primary N) is 1. The molecule has 3 N–H and O–H groups in total. The van der Waals surface area contributed by atoms with Crippen LogP contribution in [0.3, 0.4) is 0 Å². The number of hydrogen-bond donors (Lipinski definition) is 2. The predicted octanol–water partition coefficient (Wildman–Crippen LogP) is 25.9. The highest BCUT2D eigenvalue weighted by molar-refractivity contribution is 7.47. The van der Waals surface area contributed by atoms with Crippen molar-refractivity contribution >= 4 is 19.8 Å². The highest BCUT2D eigenvalue weighted by Gasteiger charge is 2.26. The van der Waals surface area contributed by atoms with Gasteiger partial charge in [-0.1, -0.05) is 320 Å². The standard InChI is InChI=1S/C89H134NO8P/c1-3-5-7-9-11-13-15-17-19-21-23-25-27-29-31-33-35-37-39-41-43-45-47-49-51-53-55-57-59-61-63-65-67-69-71-73-75-77-79-81-88(91)95-85-87(86-97-99(93,94)96-84-83-90)98-89(92)82-80-78-76-74-72-70-68-66-64-62-60-58-56-54-52-50-48-46-44-42-40-38-36-34-32-30-28-26-24-22-20-18-16-14-12-10-8-6-4-2/h5-8,11-14,17-20,23-26,29-32,35-38,41-44,47-50,53-56,59-62,66,68,72,74,87H,3-4,9-10,15-16,21-22,27-28,33-34,39-40,45-46,51-52,57-58,63-65,67,69-71,73,75-86,90H2,1-2H3,(H,93,94)/b7-5-,8-6-,13-11-,14-12-,19-17-,20-18-,25-23-,26-24-,31-29-,32-30-,37-35-,38-36-,43-41-,44-42-,49-47-,50-48-,55-53-,56-54-,61-59-,62-60-,68-66-,74-72-. The van der Waals surface area contributed by atoms with Crippen molar-refractivity contribution < 1.29 is 37.6 Å². The van der Waals surface area contributed by atoms with Gasteiger partial charge in [0.2, 0.25) is 0 Å². The summed E-state index contributed by atoms with van der Waals surface area (Å²) in [6.45, 7) is 3.42. The van der Waals surface area contributed by atoms with E-state index in [-0.39, 0.29) is 32.6 Å². The Morgan fingerprint density at radius 1 is 0.303 bits per heavy atom. The molecular weight excluding hydrogens is 1240 g/mol. The third-order valence-electron chi connectivity index (χ3n) is 14.6. The van der Waals surface area contributed by atoms with E-state index in [1.54, 1.807) is 0 Å². The molecule has 0 spiro atoms. The Bertz CT molecular complexity index is 2630. The Kier molecular flexibility index (Phi) is 74.8. The minimum Gasteiger partial charge on any atom is -0.462 e. The maximum Gasteiger partial charge on any atom is 0.472 e. The maximum atomic E-state index is 12.8. The lowest BCUT2D eigenvalue weighted by Crippen LogP contribution is -2.29. The number of ether oxygens (including phenoxy) is 2. The molecule has 548 valence electrons. The number of esters is 2. The molecule has 0 rings (SSSR count). The molecule has 99 heavy (non-hydrogen) atoms. The molecule has 0 fully saturated rings. The number of carbonyl (C=O) groups excluding carboxylic acids is 2. The molecular formula is C89H134NO8P. The average molecular weight is 1380 g/mol. The Hall–Kier alpha value is -6.71. The van der Waals surface area contributed by atoms with E-state index in [1.807, 2.05) is 0 Å². The first kappa shape index (κ1) is 92.3. The fourth-order valence-electron chi connectivity index (χ4n) is 9.11. The highest BCUT2D eigenvalue weighted by atomic mass is 31.2. The Labute approximate surface area is 604 Å². The van der Waals surface area contributed by atoms with Crippen molar-refractivity contribution in [3.63, 3.8) is 0 Å². The van der Waals surface area contributed by atoms with Crippen LogP contribution in [0.4, 0.5) is 0 Å². The Morgan fingerprint density at radius 3 is 0.798 bits per heavy atom. The highest BCUT2D eigenvalue weighted by Crippen LogP contribution is 2.43. The summed E-state index contributed by atoms with van der Waals surface area (Å²) in [5.41, 5.74) is 5.40. The summed E-state index contributed by atoms with van der Waals surface area (Å²) in [5.74, 6) is -0.910. The lowest BCUT2D eigenvalue weighted by molar-refractivity contribution is -0.161. The van der Waals surface area contributed by atoms with Crippen molar-refractivity contribution in [3.05, 3.63) is 267 Å². The lowest BCUT2D eigenvalue weighted by Gasteiger charge is -2.19. The van der Waals surface area contributed by atoms with Gasteiger partial charge in [0.1, 0.15) is 6.61 Å². The molecule has 0 saturated heterocycles. The van der Waals surface area contributed by atoms with E-state index in [1.165, 1.54) is 25.7 Å².